The zero-order chi connectivity index (χ0) is 15.7. The zero-order valence-corrected chi connectivity index (χ0v) is 13.0. The van der Waals surface area contributed by atoms with E-state index in [-0.39, 0.29) is 17.5 Å². The molecule has 1 saturated heterocycles. The molecule has 1 aliphatic heterocycles. The fraction of sp³-hybridized carbons (Fsp3) is 0.412. The van der Waals surface area contributed by atoms with E-state index in [4.69, 9.17) is 4.42 Å². The number of para-hydroxylation sites is 1. The van der Waals surface area contributed by atoms with Crippen LogP contribution in [-0.2, 0) is 0 Å². The van der Waals surface area contributed by atoms with Crippen LogP contribution in [0.15, 0.2) is 39.5 Å². The van der Waals surface area contributed by atoms with E-state index >= 15 is 0 Å². The van der Waals surface area contributed by atoms with Gasteiger partial charge in [-0.3, -0.25) is 4.79 Å². The third-order valence-corrected chi connectivity index (χ3v) is 4.55. The van der Waals surface area contributed by atoms with Gasteiger partial charge in [0.15, 0.2) is 0 Å². The Kier molecular flexibility index (Phi) is 3.98. The van der Waals surface area contributed by atoms with Crippen molar-refractivity contribution in [1.29, 1.82) is 0 Å². The van der Waals surface area contributed by atoms with Crippen molar-refractivity contribution in [3.05, 3.63) is 46.3 Å². The number of quaternary nitrogens is 1. The van der Waals surface area contributed by atoms with Crippen molar-refractivity contribution >= 4 is 16.9 Å². The van der Waals surface area contributed by atoms with Crippen molar-refractivity contribution in [1.82, 2.24) is 4.90 Å². The largest absolute Gasteiger partial charge is 0.422 e. The van der Waals surface area contributed by atoms with Crippen LogP contribution < -0.4 is 10.5 Å². The van der Waals surface area contributed by atoms with Gasteiger partial charge in [-0.05, 0) is 12.1 Å². The SMILES string of the molecule is CN(C(=O)c1cc2ccccc2oc1=O)C1CC[NH+](C)CC1. The summed E-state index contributed by atoms with van der Waals surface area (Å²) in [5.41, 5.74) is 0.0659. The number of hydrogen-bond donors (Lipinski definition) is 1. The first kappa shape index (κ1) is 14.8. The van der Waals surface area contributed by atoms with Crippen molar-refractivity contribution in [2.45, 2.75) is 18.9 Å². The second-order valence-electron chi connectivity index (χ2n) is 6.09. The Morgan fingerprint density at radius 1 is 1.27 bits per heavy atom. The molecule has 0 radical (unpaired) electrons. The highest BCUT2D eigenvalue weighted by molar-refractivity contribution is 5.96. The molecule has 2 aromatic rings. The van der Waals surface area contributed by atoms with Gasteiger partial charge < -0.3 is 14.2 Å². The smallest absolute Gasteiger partial charge is 0.349 e. The van der Waals surface area contributed by atoms with E-state index in [1.165, 1.54) is 4.90 Å². The van der Waals surface area contributed by atoms with E-state index in [1.807, 2.05) is 12.1 Å². The summed E-state index contributed by atoms with van der Waals surface area (Å²) >= 11 is 0. The van der Waals surface area contributed by atoms with Gasteiger partial charge >= 0.3 is 5.63 Å². The number of carbonyl (C=O) groups is 1. The van der Waals surface area contributed by atoms with E-state index in [2.05, 4.69) is 7.05 Å². The minimum Gasteiger partial charge on any atom is -0.422 e. The number of hydrogen-bond acceptors (Lipinski definition) is 3. The molecule has 1 amide bonds. The Hall–Kier alpha value is -2.14. The van der Waals surface area contributed by atoms with Crippen LogP contribution >= 0.6 is 0 Å². The fourth-order valence-corrected chi connectivity index (χ4v) is 3.05. The Balaban J connectivity index is 1.88. The van der Waals surface area contributed by atoms with Crippen molar-refractivity contribution in [3.8, 4) is 0 Å². The Labute approximate surface area is 129 Å². The number of rotatable bonds is 2. The van der Waals surface area contributed by atoms with Crippen LogP contribution in [0, 0.1) is 0 Å². The molecule has 1 fully saturated rings. The topological polar surface area (TPSA) is 55.0 Å². The summed E-state index contributed by atoms with van der Waals surface area (Å²) in [7, 11) is 3.94. The maximum Gasteiger partial charge on any atom is 0.349 e. The highest BCUT2D eigenvalue weighted by Gasteiger charge is 2.28. The van der Waals surface area contributed by atoms with Gasteiger partial charge in [0, 0.05) is 31.3 Å². The van der Waals surface area contributed by atoms with Gasteiger partial charge in [0.2, 0.25) is 0 Å². The molecule has 2 heterocycles. The highest BCUT2D eigenvalue weighted by Crippen LogP contribution is 2.16. The van der Waals surface area contributed by atoms with E-state index in [0.717, 1.165) is 31.3 Å². The van der Waals surface area contributed by atoms with Crippen LogP contribution in [0.5, 0.6) is 0 Å². The van der Waals surface area contributed by atoms with Gasteiger partial charge in [0.1, 0.15) is 11.1 Å². The molecule has 1 aromatic carbocycles. The number of amides is 1. The van der Waals surface area contributed by atoms with Gasteiger partial charge in [-0.25, -0.2) is 4.79 Å². The summed E-state index contributed by atoms with van der Waals surface area (Å²) in [6, 6.07) is 9.07. The number of fused-ring (bicyclic) bond motifs is 1. The number of nitrogens with zero attached hydrogens (tertiary/aromatic N) is 1. The molecule has 1 N–H and O–H groups in total. The molecule has 116 valence electrons. The first-order valence-corrected chi connectivity index (χ1v) is 7.67. The van der Waals surface area contributed by atoms with Crippen molar-refractivity contribution in [2.75, 3.05) is 27.2 Å². The maximum atomic E-state index is 12.6. The standard InChI is InChI=1S/C17H20N2O3/c1-18-9-7-13(8-10-18)19(2)16(20)14-11-12-5-3-4-6-15(12)22-17(14)21/h3-6,11,13H,7-10H2,1-2H3/p+1. The number of nitrogens with one attached hydrogen (secondary N) is 1. The highest BCUT2D eigenvalue weighted by atomic mass is 16.4. The molecule has 0 bridgehead atoms. The molecule has 1 aromatic heterocycles. The molecule has 0 unspecified atom stereocenters. The minimum absolute atomic E-state index is 0.118. The van der Waals surface area contributed by atoms with E-state index < -0.39 is 5.63 Å². The van der Waals surface area contributed by atoms with Crippen molar-refractivity contribution < 1.29 is 14.1 Å². The van der Waals surface area contributed by atoms with Gasteiger partial charge in [-0.15, -0.1) is 0 Å². The van der Waals surface area contributed by atoms with Crippen LogP contribution in [-0.4, -0.2) is 44.0 Å². The lowest BCUT2D eigenvalue weighted by molar-refractivity contribution is -0.885. The molecule has 0 aliphatic carbocycles. The molecule has 1 aliphatic rings. The van der Waals surface area contributed by atoms with Crippen LogP contribution in [0.2, 0.25) is 0 Å². The van der Waals surface area contributed by atoms with Crippen LogP contribution in [0.3, 0.4) is 0 Å². The molecule has 5 nitrogen and oxygen atoms in total. The molecule has 0 spiro atoms. The molecule has 22 heavy (non-hydrogen) atoms. The van der Waals surface area contributed by atoms with Crippen LogP contribution in [0.4, 0.5) is 0 Å². The first-order chi connectivity index (χ1) is 10.6. The predicted molar refractivity (Wildman–Crippen MR) is 84.2 cm³/mol. The molecular weight excluding hydrogens is 280 g/mol. The van der Waals surface area contributed by atoms with E-state index in [9.17, 15) is 9.59 Å². The fourth-order valence-electron chi connectivity index (χ4n) is 3.05. The van der Waals surface area contributed by atoms with Crippen molar-refractivity contribution in [3.63, 3.8) is 0 Å². The number of likely N-dealkylation sites (tertiary alicyclic amines) is 1. The molecule has 5 heteroatoms. The second-order valence-corrected chi connectivity index (χ2v) is 6.09. The van der Waals surface area contributed by atoms with E-state index in [0.29, 0.717) is 5.58 Å². The van der Waals surface area contributed by atoms with Gasteiger partial charge in [0.25, 0.3) is 5.91 Å². The average molecular weight is 301 g/mol. The van der Waals surface area contributed by atoms with Crippen molar-refractivity contribution in [2.24, 2.45) is 0 Å². The lowest BCUT2D eigenvalue weighted by Gasteiger charge is -2.33. The average Bonchev–Trinajstić information content (AvgIpc) is 2.53. The summed E-state index contributed by atoms with van der Waals surface area (Å²) in [6.07, 6.45) is 1.93. The van der Waals surface area contributed by atoms with Crippen LogP contribution in [0.25, 0.3) is 11.0 Å². The lowest BCUT2D eigenvalue weighted by atomic mass is 10.0. The summed E-state index contributed by atoms with van der Waals surface area (Å²) in [4.78, 5) is 27.9. The molecular formula is C17H21N2O3+. The Morgan fingerprint density at radius 3 is 2.68 bits per heavy atom. The Bertz CT molecular complexity index is 745. The predicted octanol–water partition coefficient (Wildman–Crippen LogP) is 0.542. The van der Waals surface area contributed by atoms with Gasteiger partial charge in [-0.1, -0.05) is 18.2 Å². The molecule has 3 rings (SSSR count). The summed E-state index contributed by atoms with van der Waals surface area (Å²) in [5, 5.41) is 0.770. The Morgan fingerprint density at radius 2 is 1.95 bits per heavy atom. The molecule has 0 saturated carbocycles. The minimum atomic E-state index is -0.561. The zero-order valence-electron chi connectivity index (χ0n) is 13.0. The van der Waals surface area contributed by atoms with Gasteiger partial charge in [-0.2, -0.15) is 0 Å². The second kappa shape index (κ2) is 5.93. The third kappa shape index (κ3) is 2.76. The van der Waals surface area contributed by atoms with E-state index in [1.54, 1.807) is 30.1 Å². The third-order valence-electron chi connectivity index (χ3n) is 4.55. The van der Waals surface area contributed by atoms with Gasteiger partial charge in [0.05, 0.1) is 20.1 Å². The summed E-state index contributed by atoms with van der Waals surface area (Å²) in [6.45, 7) is 2.10. The number of carbonyl (C=O) groups excluding carboxylic acids is 1. The quantitative estimate of drug-likeness (QED) is 0.824. The number of piperidine rings is 1. The maximum absolute atomic E-state index is 12.6. The first-order valence-electron chi connectivity index (χ1n) is 7.67. The monoisotopic (exact) mass is 301 g/mol. The summed E-state index contributed by atoms with van der Waals surface area (Å²) < 4.78 is 5.26. The normalized spacial score (nSPS) is 21.7. The number of benzene rings is 1. The lowest BCUT2D eigenvalue weighted by Crippen LogP contribution is -3.10. The summed E-state index contributed by atoms with van der Waals surface area (Å²) in [5.74, 6) is -0.246. The van der Waals surface area contributed by atoms with Crippen LogP contribution in [0.1, 0.15) is 23.2 Å². The molecule has 0 atom stereocenters.